The number of rotatable bonds is 4. The second-order valence-corrected chi connectivity index (χ2v) is 6.60. The van der Waals surface area contributed by atoms with Gasteiger partial charge in [-0.3, -0.25) is 0 Å². The van der Waals surface area contributed by atoms with Gasteiger partial charge in [-0.15, -0.1) is 0 Å². The van der Waals surface area contributed by atoms with Gasteiger partial charge in [-0.2, -0.15) is 0 Å². The molecule has 0 bridgehead atoms. The van der Waals surface area contributed by atoms with E-state index in [9.17, 15) is 0 Å². The van der Waals surface area contributed by atoms with Crippen molar-refractivity contribution in [2.24, 2.45) is 23.7 Å². The van der Waals surface area contributed by atoms with Crippen LogP contribution in [-0.4, -0.2) is 0 Å². The molecule has 0 heterocycles. The van der Waals surface area contributed by atoms with Crippen LogP contribution in [0.25, 0.3) is 0 Å². The summed E-state index contributed by atoms with van der Waals surface area (Å²) in [6, 6.07) is 11.0. The summed E-state index contributed by atoms with van der Waals surface area (Å²) < 4.78 is 0. The summed E-state index contributed by atoms with van der Waals surface area (Å²) in [5.41, 5.74) is 1.51. The molecule has 0 saturated heterocycles. The maximum atomic E-state index is 2.46. The molecule has 1 aliphatic rings. The normalized spacial score (nSPS) is 26.2. The highest BCUT2D eigenvalue weighted by molar-refractivity contribution is 5.15. The predicted molar refractivity (Wildman–Crippen MR) is 79.6 cm³/mol. The van der Waals surface area contributed by atoms with Gasteiger partial charge in [0.1, 0.15) is 0 Å². The first-order chi connectivity index (χ1) is 8.66. The van der Waals surface area contributed by atoms with Crippen molar-refractivity contribution in [1.82, 2.24) is 0 Å². The first kappa shape index (κ1) is 13.6. The third-order valence-corrected chi connectivity index (χ3v) is 4.90. The van der Waals surface area contributed by atoms with E-state index in [1.807, 2.05) is 0 Å². The molecule has 1 aromatic rings. The summed E-state index contributed by atoms with van der Waals surface area (Å²) in [5, 5.41) is 0. The van der Waals surface area contributed by atoms with Crippen molar-refractivity contribution in [1.29, 1.82) is 0 Å². The Morgan fingerprint density at radius 2 is 1.67 bits per heavy atom. The molecule has 1 saturated carbocycles. The zero-order chi connectivity index (χ0) is 13.0. The van der Waals surface area contributed by atoms with Crippen LogP contribution >= 0.6 is 0 Å². The Hall–Kier alpha value is -0.780. The molecule has 2 rings (SSSR count). The Balaban J connectivity index is 1.90. The van der Waals surface area contributed by atoms with Crippen molar-refractivity contribution in [2.75, 3.05) is 0 Å². The van der Waals surface area contributed by atoms with E-state index < -0.39 is 0 Å². The summed E-state index contributed by atoms with van der Waals surface area (Å²) in [7, 11) is 0. The van der Waals surface area contributed by atoms with Crippen molar-refractivity contribution in [3.8, 4) is 0 Å². The van der Waals surface area contributed by atoms with Crippen molar-refractivity contribution in [2.45, 2.75) is 52.9 Å². The molecule has 0 heteroatoms. The fourth-order valence-corrected chi connectivity index (χ4v) is 3.54. The fraction of sp³-hybridized carbons (Fsp3) is 0.667. The average Bonchev–Trinajstić information content (AvgIpc) is 2.40. The van der Waals surface area contributed by atoms with Crippen LogP contribution in [0.3, 0.4) is 0 Å². The minimum Gasteiger partial charge on any atom is -0.0625 e. The number of hydrogen-bond donors (Lipinski definition) is 0. The van der Waals surface area contributed by atoms with E-state index in [0.29, 0.717) is 0 Å². The number of hydrogen-bond acceptors (Lipinski definition) is 0. The Morgan fingerprint density at radius 1 is 1.00 bits per heavy atom. The van der Waals surface area contributed by atoms with Gasteiger partial charge in [0.05, 0.1) is 0 Å². The van der Waals surface area contributed by atoms with Gasteiger partial charge in [-0.1, -0.05) is 70.4 Å². The molecule has 3 unspecified atom stereocenters. The first-order valence-corrected chi connectivity index (χ1v) is 7.70. The van der Waals surface area contributed by atoms with Gasteiger partial charge in [0.15, 0.2) is 0 Å². The number of benzene rings is 1. The van der Waals surface area contributed by atoms with Crippen molar-refractivity contribution >= 4 is 0 Å². The molecular weight excluding hydrogens is 216 g/mol. The molecule has 1 aromatic carbocycles. The van der Waals surface area contributed by atoms with Gasteiger partial charge in [-0.05, 0) is 42.1 Å². The van der Waals surface area contributed by atoms with Gasteiger partial charge < -0.3 is 0 Å². The van der Waals surface area contributed by atoms with Gasteiger partial charge in [-0.25, -0.2) is 0 Å². The molecule has 0 nitrogen and oxygen atoms in total. The maximum absolute atomic E-state index is 2.46. The monoisotopic (exact) mass is 244 g/mol. The minimum atomic E-state index is 0.842. The van der Waals surface area contributed by atoms with Crippen LogP contribution in [0.5, 0.6) is 0 Å². The Labute approximate surface area is 113 Å². The molecule has 18 heavy (non-hydrogen) atoms. The zero-order valence-electron chi connectivity index (χ0n) is 12.2. The molecule has 0 N–H and O–H groups in total. The van der Waals surface area contributed by atoms with Crippen LogP contribution < -0.4 is 0 Å². The summed E-state index contributed by atoms with van der Waals surface area (Å²) in [5.74, 6) is 3.64. The topological polar surface area (TPSA) is 0 Å². The SMILES string of the molecule is CC(C)C1CCCC(C(C)Cc2ccccc2)C1. The van der Waals surface area contributed by atoms with Crippen molar-refractivity contribution in [3.63, 3.8) is 0 Å². The lowest BCUT2D eigenvalue weighted by Crippen LogP contribution is -2.25. The molecule has 0 radical (unpaired) electrons. The second-order valence-electron chi connectivity index (χ2n) is 6.60. The van der Waals surface area contributed by atoms with Crippen LogP contribution in [-0.2, 0) is 6.42 Å². The van der Waals surface area contributed by atoms with Crippen LogP contribution in [0.2, 0.25) is 0 Å². The molecule has 1 fully saturated rings. The smallest absolute Gasteiger partial charge is 0.0250 e. The lowest BCUT2D eigenvalue weighted by Gasteiger charge is -2.35. The van der Waals surface area contributed by atoms with Gasteiger partial charge in [0.25, 0.3) is 0 Å². The molecule has 3 atom stereocenters. The van der Waals surface area contributed by atoms with Gasteiger partial charge in [0, 0.05) is 0 Å². The highest BCUT2D eigenvalue weighted by Crippen LogP contribution is 2.38. The minimum absolute atomic E-state index is 0.842. The van der Waals surface area contributed by atoms with Crippen LogP contribution in [0.1, 0.15) is 52.0 Å². The zero-order valence-corrected chi connectivity index (χ0v) is 12.2. The summed E-state index contributed by atoms with van der Waals surface area (Å²) in [6.07, 6.45) is 7.10. The van der Waals surface area contributed by atoms with Crippen LogP contribution in [0.15, 0.2) is 30.3 Å². The molecule has 1 aliphatic carbocycles. The first-order valence-electron chi connectivity index (χ1n) is 7.70. The molecule has 0 aliphatic heterocycles. The lowest BCUT2D eigenvalue weighted by atomic mass is 9.71. The fourth-order valence-electron chi connectivity index (χ4n) is 3.54. The van der Waals surface area contributed by atoms with Crippen LogP contribution in [0, 0.1) is 23.7 Å². The van der Waals surface area contributed by atoms with Crippen molar-refractivity contribution in [3.05, 3.63) is 35.9 Å². The predicted octanol–water partition coefficient (Wildman–Crippen LogP) is 5.33. The maximum Gasteiger partial charge on any atom is -0.0250 e. The lowest BCUT2D eigenvalue weighted by molar-refractivity contribution is 0.170. The van der Waals surface area contributed by atoms with E-state index in [1.165, 1.54) is 37.7 Å². The van der Waals surface area contributed by atoms with Gasteiger partial charge >= 0.3 is 0 Å². The molecule has 0 amide bonds. The van der Waals surface area contributed by atoms with Crippen LogP contribution in [0.4, 0.5) is 0 Å². The Bertz CT molecular complexity index is 338. The second kappa shape index (κ2) is 6.41. The molecule has 0 aromatic heterocycles. The van der Waals surface area contributed by atoms with E-state index >= 15 is 0 Å². The highest BCUT2D eigenvalue weighted by atomic mass is 14.3. The summed E-state index contributed by atoms with van der Waals surface area (Å²) in [4.78, 5) is 0. The van der Waals surface area contributed by atoms with E-state index in [1.54, 1.807) is 0 Å². The van der Waals surface area contributed by atoms with E-state index in [0.717, 1.165) is 23.7 Å². The standard InChI is InChI=1S/C18H28/c1-14(2)17-10-7-11-18(13-17)15(3)12-16-8-5-4-6-9-16/h4-6,8-9,14-15,17-18H,7,10-13H2,1-3H3. The summed E-state index contributed by atoms with van der Waals surface area (Å²) in [6.45, 7) is 7.25. The van der Waals surface area contributed by atoms with Gasteiger partial charge in [0.2, 0.25) is 0 Å². The largest absolute Gasteiger partial charge is 0.0625 e. The van der Waals surface area contributed by atoms with E-state index in [2.05, 4.69) is 51.1 Å². The summed E-state index contributed by atoms with van der Waals surface area (Å²) >= 11 is 0. The quantitative estimate of drug-likeness (QED) is 0.671. The third-order valence-electron chi connectivity index (χ3n) is 4.90. The average molecular weight is 244 g/mol. The molecular formula is C18H28. The Morgan fingerprint density at radius 3 is 2.33 bits per heavy atom. The van der Waals surface area contributed by atoms with E-state index in [-0.39, 0.29) is 0 Å². The molecule has 100 valence electrons. The molecule has 0 spiro atoms. The highest BCUT2D eigenvalue weighted by Gasteiger charge is 2.27. The van der Waals surface area contributed by atoms with Crippen molar-refractivity contribution < 1.29 is 0 Å². The van der Waals surface area contributed by atoms with E-state index in [4.69, 9.17) is 0 Å². The Kier molecular flexibility index (Phi) is 4.86. The third kappa shape index (κ3) is 3.60.